The number of benzene rings is 1. The molecule has 1 fully saturated rings. The lowest BCUT2D eigenvalue weighted by atomic mass is 10.1. The molecule has 0 saturated carbocycles. The Kier molecular flexibility index (Phi) is 3.53. The molecule has 2 heterocycles. The van der Waals surface area contributed by atoms with Crippen LogP contribution in [0.15, 0.2) is 23.6 Å². The zero-order valence-electron chi connectivity index (χ0n) is 12.0. The predicted octanol–water partition coefficient (Wildman–Crippen LogP) is 2.47. The lowest BCUT2D eigenvalue weighted by Crippen LogP contribution is -2.37. The van der Waals surface area contributed by atoms with Crippen LogP contribution >= 0.6 is 11.3 Å². The minimum Gasteiger partial charge on any atom is -0.338 e. The monoisotopic (exact) mass is 323 g/mol. The van der Waals surface area contributed by atoms with Gasteiger partial charge in [0, 0.05) is 28.6 Å². The van der Waals surface area contributed by atoms with E-state index >= 15 is 0 Å². The largest absolute Gasteiger partial charge is 0.338 e. The summed E-state index contributed by atoms with van der Waals surface area (Å²) in [5.74, 6) is 0.169. The highest BCUT2D eigenvalue weighted by Gasteiger charge is 2.33. The molecule has 4 nitrogen and oxygen atoms in total. The van der Waals surface area contributed by atoms with Crippen molar-refractivity contribution in [3.63, 3.8) is 0 Å². The molecule has 1 aromatic heterocycles. The van der Waals surface area contributed by atoms with Crippen LogP contribution in [0.5, 0.6) is 0 Å². The summed E-state index contributed by atoms with van der Waals surface area (Å²) in [6, 6.07) is 5.82. The van der Waals surface area contributed by atoms with Crippen molar-refractivity contribution in [3.8, 4) is 0 Å². The van der Waals surface area contributed by atoms with Gasteiger partial charge in [-0.1, -0.05) is 12.1 Å². The van der Waals surface area contributed by atoms with Gasteiger partial charge >= 0.3 is 0 Å². The Bertz CT molecular complexity index is 807. The SMILES string of the molecule is Cc1ccc2c(C(=O)N(C)C3CCS(=O)(=O)C3)csc2c1. The number of nitrogens with zero attached hydrogens (tertiary/aromatic N) is 1. The molecule has 0 radical (unpaired) electrons. The van der Waals surface area contributed by atoms with Gasteiger partial charge < -0.3 is 4.90 Å². The van der Waals surface area contributed by atoms with Crippen molar-refractivity contribution in [1.82, 2.24) is 4.90 Å². The Balaban J connectivity index is 1.90. The standard InChI is InChI=1S/C15H17NO3S2/c1-10-3-4-12-13(8-20-14(12)7-10)15(17)16(2)11-5-6-21(18,19)9-11/h3-4,7-8,11H,5-6,9H2,1-2H3. The van der Waals surface area contributed by atoms with Gasteiger partial charge in [-0.15, -0.1) is 11.3 Å². The minimum absolute atomic E-state index is 0.0798. The van der Waals surface area contributed by atoms with Crippen LogP contribution in [0.2, 0.25) is 0 Å². The number of amides is 1. The summed E-state index contributed by atoms with van der Waals surface area (Å²) in [5, 5.41) is 2.81. The molecule has 0 N–H and O–H groups in total. The summed E-state index contributed by atoms with van der Waals surface area (Å²) >= 11 is 1.55. The number of carbonyl (C=O) groups excluding carboxylic acids is 1. The summed E-state index contributed by atoms with van der Waals surface area (Å²) in [6.07, 6.45) is 0.533. The van der Waals surface area contributed by atoms with Crippen molar-refractivity contribution >= 4 is 37.2 Å². The fourth-order valence-electron chi connectivity index (χ4n) is 2.74. The number of sulfone groups is 1. The van der Waals surface area contributed by atoms with Gasteiger partial charge in [0.25, 0.3) is 5.91 Å². The second-order valence-corrected chi connectivity index (χ2v) is 8.76. The quantitative estimate of drug-likeness (QED) is 0.853. The first-order valence-corrected chi connectivity index (χ1v) is 9.53. The number of fused-ring (bicyclic) bond motifs is 1. The van der Waals surface area contributed by atoms with Gasteiger partial charge in [0.05, 0.1) is 17.1 Å². The minimum atomic E-state index is -2.98. The topological polar surface area (TPSA) is 54.5 Å². The fourth-order valence-corrected chi connectivity index (χ4v) is 5.54. The number of hydrogen-bond acceptors (Lipinski definition) is 4. The van der Waals surface area contributed by atoms with E-state index in [-0.39, 0.29) is 23.5 Å². The third kappa shape index (κ3) is 2.70. The Hall–Kier alpha value is -1.40. The highest BCUT2D eigenvalue weighted by Crippen LogP contribution is 2.29. The normalized spacial score (nSPS) is 20.8. The van der Waals surface area contributed by atoms with Crippen molar-refractivity contribution < 1.29 is 13.2 Å². The van der Waals surface area contributed by atoms with E-state index in [1.165, 1.54) is 5.56 Å². The summed E-state index contributed by atoms with van der Waals surface area (Å²) in [4.78, 5) is 14.2. The van der Waals surface area contributed by atoms with Crippen molar-refractivity contribution in [2.24, 2.45) is 0 Å². The van der Waals surface area contributed by atoms with Crippen LogP contribution in [-0.2, 0) is 9.84 Å². The average Bonchev–Trinajstić information content (AvgIpc) is 2.99. The summed E-state index contributed by atoms with van der Waals surface area (Å²) in [5.41, 5.74) is 1.83. The van der Waals surface area contributed by atoms with Crippen molar-refractivity contribution in [1.29, 1.82) is 0 Å². The Morgan fingerprint density at radius 1 is 1.38 bits per heavy atom. The van der Waals surface area contributed by atoms with E-state index in [9.17, 15) is 13.2 Å². The molecule has 21 heavy (non-hydrogen) atoms. The van der Waals surface area contributed by atoms with E-state index in [1.807, 2.05) is 24.4 Å². The smallest absolute Gasteiger partial charge is 0.255 e. The molecule has 1 aliphatic rings. The van der Waals surface area contributed by atoms with E-state index in [0.29, 0.717) is 12.0 Å². The van der Waals surface area contributed by atoms with E-state index < -0.39 is 9.84 Å². The molecule has 0 aliphatic carbocycles. The van der Waals surface area contributed by atoms with Gasteiger partial charge in [-0.05, 0) is 25.0 Å². The third-order valence-corrected chi connectivity index (χ3v) is 6.73. The molecule has 1 aromatic carbocycles. The van der Waals surface area contributed by atoms with Crippen molar-refractivity contribution in [3.05, 3.63) is 34.7 Å². The van der Waals surface area contributed by atoms with Crippen molar-refractivity contribution in [2.45, 2.75) is 19.4 Å². The summed E-state index contributed by atoms with van der Waals surface area (Å²) < 4.78 is 24.2. The van der Waals surface area contributed by atoms with Gasteiger partial charge in [0.15, 0.2) is 9.84 Å². The lowest BCUT2D eigenvalue weighted by molar-refractivity contribution is 0.0750. The van der Waals surface area contributed by atoms with Crippen LogP contribution in [0.4, 0.5) is 0 Å². The summed E-state index contributed by atoms with van der Waals surface area (Å²) in [7, 11) is -1.28. The molecule has 0 spiro atoms. The maximum Gasteiger partial charge on any atom is 0.255 e. The van der Waals surface area contributed by atoms with Crippen LogP contribution < -0.4 is 0 Å². The molecule has 1 amide bonds. The zero-order chi connectivity index (χ0) is 15.2. The molecule has 0 bridgehead atoms. The first kappa shape index (κ1) is 14.5. The van der Waals surface area contributed by atoms with E-state index in [4.69, 9.17) is 0 Å². The fraction of sp³-hybridized carbons (Fsp3) is 0.400. The maximum absolute atomic E-state index is 12.6. The first-order chi connectivity index (χ1) is 9.87. The van der Waals surface area contributed by atoms with Crippen LogP contribution in [0.1, 0.15) is 22.3 Å². The van der Waals surface area contributed by atoms with Gasteiger partial charge in [-0.25, -0.2) is 8.42 Å². The number of thiophene rings is 1. The number of carbonyl (C=O) groups is 1. The van der Waals surface area contributed by atoms with Gasteiger partial charge in [-0.2, -0.15) is 0 Å². The Labute approximate surface area is 128 Å². The van der Waals surface area contributed by atoms with Gasteiger partial charge in [0.1, 0.15) is 0 Å². The molecule has 2 aromatic rings. The van der Waals surface area contributed by atoms with Crippen LogP contribution in [0.25, 0.3) is 10.1 Å². The second kappa shape index (κ2) is 5.10. The van der Waals surface area contributed by atoms with Crippen LogP contribution in [0.3, 0.4) is 0 Å². The van der Waals surface area contributed by atoms with Crippen molar-refractivity contribution in [2.75, 3.05) is 18.6 Å². The highest BCUT2D eigenvalue weighted by molar-refractivity contribution is 7.91. The molecular formula is C15H17NO3S2. The van der Waals surface area contributed by atoms with Gasteiger partial charge in [0.2, 0.25) is 0 Å². The predicted molar refractivity (Wildman–Crippen MR) is 85.7 cm³/mol. The number of rotatable bonds is 2. The molecule has 1 unspecified atom stereocenters. The summed E-state index contributed by atoms with van der Waals surface area (Å²) in [6.45, 7) is 2.02. The molecular weight excluding hydrogens is 306 g/mol. The molecule has 112 valence electrons. The van der Waals surface area contributed by atoms with Crippen LogP contribution in [-0.4, -0.2) is 43.8 Å². The van der Waals surface area contributed by atoms with E-state index in [1.54, 1.807) is 23.3 Å². The zero-order valence-corrected chi connectivity index (χ0v) is 13.6. The average molecular weight is 323 g/mol. The third-order valence-electron chi connectivity index (χ3n) is 4.04. The Morgan fingerprint density at radius 2 is 2.14 bits per heavy atom. The second-order valence-electron chi connectivity index (χ2n) is 5.62. The number of hydrogen-bond donors (Lipinski definition) is 0. The molecule has 1 aliphatic heterocycles. The lowest BCUT2D eigenvalue weighted by Gasteiger charge is -2.23. The van der Waals surface area contributed by atoms with Crippen LogP contribution in [0, 0.1) is 6.92 Å². The molecule has 1 atom stereocenters. The number of aryl methyl sites for hydroxylation is 1. The van der Waals surface area contributed by atoms with E-state index in [0.717, 1.165) is 10.1 Å². The highest BCUT2D eigenvalue weighted by atomic mass is 32.2. The maximum atomic E-state index is 12.6. The molecule has 3 rings (SSSR count). The first-order valence-electron chi connectivity index (χ1n) is 6.83. The molecule has 6 heteroatoms. The Morgan fingerprint density at radius 3 is 2.81 bits per heavy atom. The van der Waals surface area contributed by atoms with E-state index in [2.05, 4.69) is 6.07 Å². The molecule has 1 saturated heterocycles. The van der Waals surface area contributed by atoms with Gasteiger partial charge in [-0.3, -0.25) is 4.79 Å².